The van der Waals surface area contributed by atoms with Crippen molar-refractivity contribution in [3.63, 3.8) is 0 Å². The van der Waals surface area contributed by atoms with Crippen molar-refractivity contribution in [1.29, 1.82) is 0 Å². The standard InChI is InChI=1S/C14H17N3OS2/c1-4-10-5-7-11(8-6-10)12(18)9(2)19-14-17-16-13(15-3)20-14/h5-9H,4H2,1-3H3,(H,15,16). The van der Waals surface area contributed by atoms with Gasteiger partial charge < -0.3 is 5.32 Å². The van der Waals surface area contributed by atoms with Gasteiger partial charge in [-0.2, -0.15) is 0 Å². The van der Waals surface area contributed by atoms with Crippen LogP contribution in [0.4, 0.5) is 5.13 Å². The van der Waals surface area contributed by atoms with Crippen molar-refractivity contribution < 1.29 is 4.79 Å². The monoisotopic (exact) mass is 307 g/mol. The number of nitrogens with zero attached hydrogens (tertiary/aromatic N) is 2. The molecule has 1 N–H and O–H groups in total. The Morgan fingerprint density at radius 2 is 2.05 bits per heavy atom. The summed E-state index contributed by atoms with van der Waals surface area (Å²) in [5.74, 6) is 0.124. The number of nitrogens with one attached hydrogen (secondary N) is 1. The molecule has 0 spiro atoms. The molecule has 0 aliphatic rings. The number of rotatable bonds is 6. The molecule has 1 aromatic heterocycles. The van der Waals surface area contributed by atoms with E-state index in [0.29, 0.717) is 0 Å². The number of carbonyl (C=O) groups excluding carboxylic acids is 1. The van der Waals surface area contributed by atoms with Gasteiger partial charge >= 0.3 is 0 Å². The Balaban J connectivity index is 2.03. The topological polar surface area (TPSA) is 54.9 Å². The predicted octanol–water partition coefficient (Wildman–Crippen LogP) is 3.51. The highest BCUT2D eigenvalue weighted by Crippen LogP contribution is 2.30. The van der Waals surface area contributed by atoms with Crippen LogP contribution in [0.3, 0.4) is 0 Å². The molecule has 2 aromatic rings. The average molecular weight is 307 g/mol. The third-order valence-electron chi connectivity index (χ3n) is 2.91. The van der Waals surface area contributed by atoms with Crippen molar-refractivity contribution in [3.8, 4) is 0 Å². The lowest BCUT2D eigenvalue weighted by atomic mass is 10.1. The molecular weight excluding hydrogens is 290 g/mol. The number of hydrogen-bond donors (Lipinski definition) is 1. The van der Waals surface area contributed by atoms with Gasteiger partial charge in [-0.1, -0.05) is 54.3 Å². The maximum atomic E-state index is 12.3. The Morgan fingerprint density at radius 1 is 1.35 bits per heavy atom. The lowest BCUT2D eigenvalue weighted by molar-refractivity contribution is 0.0994. The number of aryl methyl sites for hydroxylation is 1. The van der Waals surface area contributed by atoms with Crippen LogP contribution < -0.4 is 5.32 Å². The number of ketones is 1. The molecule has 1 atom stereocenters. The molecule has 0 aliphatic heterocycles. The minimum atomic E-state index is -0.167. The minimum Gasteiger partial charge on any atom is -0.363 e. The Bertz CT molecular complexity index is 580. The molecule has 0 saturated heterocycles. The molecule has 1 aromatic carbocycles. The molecule has 20 heavy (non-hydrogen) atoms. The molecule has 2 rings (SSSR count). The van der Waals surface area contributed by atoms with E-state index in [9.17, 15) is 4.79 Å². The number of Topliss-reactive ketones (excluding diaryl/α,β-unsaturated/α-hetero) is 1. The first-order chi connectivity index (χ1) is 9.63. The fraction of sp³-hybridized carbons (Fsp3) is 0.357. The van der Waals surface area contributed by atoms with Crippen LogP contribution in [0.5, 0.6) is 0 Å². The van der Waals surface area contributed by atoms with Gasteiger partial charge in [-0.25, -0.2) is 0 Å². The third-order valence-corrected chi connectivity index (χ3v) is 5.04. The van der Waals surface area contributed by atoms with Crippen molar-refractivity contribution >= 4 is 34.0 Å². The molecule has 0 radical (unpaired) electrons. The van der Waals surface area contributed by atoms with E-state index >= 15 is 0 Å². The summed E-state index contributed by atoms with van der Waals surface area (Å²) in [6.45, 7) is 4.01. The maximum absolute atomic E-state index is 12.3. The minimum absolute atomic E-state index is 0.124. The van der Waals surface area contributed by atoms with E-state index < -0.39 is 0 Å². The number of hydrogen-bond acceptors (Lipinski definition) is 6. The zero-order valence-electron chi connectivity index (χ0n) is 11.7. The van der Waals surface area contributed by atoms with Gasteiger partial charge in [0, 0.05) is 12.6 Å². The van der Waals surface area contributed by atoms with E-state index in [1.54, 1.807) is 7.05 Å². The number of carbonyl (C=O) groups is 1. The summed E-state index contributed by atoms with van der Waals surface area (Å²) in [6.07, 6.45) is 0.982. The second-order valence-corrected chi connectivity index (χ2v) is 6.86. The van der Waals surface area contributed by atoms with E-state index in [1.165, 1.54) is 28.7 Å². The average Bonchev–Trinajstić information content (AvgIpc) is 2.94. The van der Waals surface area contributed by atoms with E-state index in [0.717, 1.165) is 21.5 Å². The fourth-order valence-corrected chi connectivity index (χ4v) is 3.63. The summed E-state index contributed by atoms with van der Waals surface area (Å²) >= 11 is 2.91. The van der Waals surface area contributed by atoms with Crippen molar-refractivity contribution in [1.82, 2.24) is 10.2 Å². The third kappa shape index (κ3) is 3.58. The summed E-state index contributed by atoms with van der Waals surface area (Å²) in [7, 11) is 1.80. The molecule has 4 nitrogen and oxygen atoms in total. The van der Waals surface area contributed by atoms with E-state index in [2.05, 4.69) is 22.4 Å². The Morgan fingerprint density at radius 3 is 2.60 bits per heavy atom. The number of aromatic nitrogens is 2. The lowest BCUT2D eigenvalue weighted by Crippen LogP contribution is -2.13. The van der Waals surface area contributed by atoms with Crippen molar-refractivity contribution in [2.75, 3.05) is 12.4 Å². The predicted molar refractivity (Wildman–Crippen MR) is 84.9 cm³/mol. The van der Waals surface area contributed by atoms with Crippen LogP contribution in [0, 0.1) is 0 Å². The Kier molecular flexibility index (Phi) is 5.14. The summed E-state index contributed by atoms with van der Waals surface area (Å²) in [6, 6.07) is 7.82. The van der Waals surface area contributed by atoms with E-state index in [-0.39, 0.29) is 11.0 Å². The summed E-state index contributed by atoms with van der Waals surface area (Å²) in [5, 5.41) is 11.6. The van der Waals surface area contributed by atoms with Crippen molar-refractivity contribution in [2.45, 2.75) is 29.9 Å². The van der Waals surface area contributed by atoms with Crippen LogP contribution in [-0.2, 0) is 6.42 Å². The van der Waals surface area contributed by atoms with Gasteiger partial charge in [0.2, 0.25) is 5.13 Å². The van der Waals surface area contributed by atoms with Crippen LogP contribution in [0.25, 0.3) is 0 Å². The number of benzene rings is 1. The highest BCUT2D eigenvalue weighted by atomic mass is 32.2. The zero-order chi connectivity index (χ0) is 14.5. The van der Waals surface area contributed by atoms with Gasteiger partial charge in [0.15, 0.2) is 10.1 Å². The van der Waals surface area contributed by atoms with Crippen LogP contribution in [0.1, 0.15) is 29.8 Å². The summed E-state index contributed by atoms with van der Waals surface area (Å²) in [5.41, 5.74) is 1.99. The SMILES string of the molecule is CCc1ccc(C(=O)C(C)Sc2nnc(NC)s2)cc1. The highest BCUT2D eigenvalue weighted by Gasteiger charge is 2.18. The van der Waals surface area contributed by atoms with Crippen molar-refractivity contribution in [2.24, 2.45) is 0 Å². The maximum Gasteiger partial charge on any atom is 0.206 e. The Hall–Kier alpha value is -1.40. The van der Waals surface area contributed by atoms with Crippen LogP contribution in [0.15, 0.2) is 28.6 Å². The zero-order valence-corrected chi connectivity index (χ0v) is 13.3. The first-order valence-corrected chi connectivity index (χ1v) is 8.14. The fourth-order valence-electron chi connectivity index (χ4n) is 1.70. The molecule has 0 amide bonds. The van der Waals surface area contributed by atoms with Gasteiger partial charge in [-0.05, 0) is 18.9 Å². The largest absolute Gasteiger partial charge is 0.363 e. The van der Waals surface area contributed by atoms with Gasteiger partial charge in [-0.3, -0.25) is 4.79 Å². The molecule has 1 unspecified atom stereocenters. The van der Waals surface area contributed by atoms with Gasteiger partial charge in [0.25, 0.3) is 0 Å². The second kappa shape index (κ2) is 6.85. The molecule has 0 aliphatic carbocycles. The Labute approximate surface area is 127 Å². The van der Waals surface area contributed by atoms with Gasteiger partial charge in [0.1, 0.15) is 0 Å². The molecule has 0 saturated carbocycles. The first kappa shape index (κ1) is 15.0. The first-order valence-electron chi connectivity index (χ1n) is 6.45. The second-order valence-electron chi connectivity index (χ2n) is 4.30. The van der Waals surface area contributed by atoms with Crippen molar-refractivity contribution in [3.05, 3.63) is 35.4 Å². The van der Waals surface area contributed by atoms with E-state index in [4.69, 9.17) is 0 Å². The van der Waals surface area contributed by atoms with E-state index in [1.807, 2.05) is 31.2 Å². The van der Waals surface area contributed by atoms with Crippen LogP contribution in [0.2, 0.25) is 0 Å². The van der Waals surface area contributed by atoms with Gasteiger partial charge in [0.05, 0.1) is 5.25 Å². The molecule has 0 fully saturated rings. The normalized spacial score (nSPS) is 12.2. The molecule has 0 bridgehead atoms. The summed E-state index contributed by atoms with van der Waals surface area (Å²) in [4.78, 5) is 12.3. The molecule has 6 heteroatoms. The molecule has 106 valence electrons. The molecular formula is C14H17N3OS2. The lowest BCUT2D eigenvalue weighted by Gasteiger charge is -2.08. The van der Waals surface area contributed by atoms with Gasteiger partial charge in [-0.15, -0.1) is 10.2 Å². The highest BCUT2D eigenvalue weighted by molar-refractivity contribution is 8.02. The van der Waals surface area contributed by atoms with Crippen LogP contribution >= 0.6 is 23.1 Å². The number of anilines is 1. The number of thioether (sulfide) groups is 1. The van der Waals surface area contributed by atoms with Crippen LogP contribution in [-0.4, -0.2) is 28.3 Å². The quantitative estimate of drug-likeness (QED) is 0.654. The summed E-state index contributed by atoms with van der Waals surface area (Å²) < 4.78 is 0.806. The smallest absolute Gasteiger partial charge is 0.206 e. The molecule has 1 heterocycles.